The van der Waals surface area contributed by atoms with Gasteiger partial charge in [0, 0.05) is 7.05 Å². The number of hydrogen-bond acceptors (Lipinski definition) is 3. The van der Waals surface area contributed by atoms with Crippen LogP contribution in [0.1, 0.15) is 11.3 Å². The van der Waals surface area contributed by atoms with Gasteiger partial charge in [-0.3, -0.25) is 0 Å². The van der Waals surface area contributed by atoms with Crippen LogP contribution in [-0.2, 0) is 13.0 Å². The maximum Gasteiger partial charge on any atom is 0.149 e. The third kappa shape index (κ3) is 3.12. The monoisotopic (exact) mass is 266 g/mol. The molecule has 0 radical (unpaired) electrons. The van der Waals surface area contributed by atoms with Crippen molar-refractivity contribution >= 4 is 5.69 Å². The Morgan fingerprint density at radius 3 is 2.47 bits per heavy atom. The van der Waals surface area contributed by atoms with Crippen LogP contribution >= 0.6 is 0 Å². The van der Waals surface area contributed by atoms with Gasteiger partial charge in [-0.1, -0.05) is 0 Å². The van der Waals surface area contributed by atoms with Gasteiger partial charge >= 0.3 is 0 Å². The summed E-state index contributed by atoms with van der Waals surface area (Å²) in [6.45, 7) is 0.664. The highest BCUT2D eigenvalue weighted by Gasteiger charge is 2.16. The Morgan fingerprint density at radius 1 is 1.26 bits per heavy atom. The fourth-order valence-corrected chi connectivity index (χ4v) is 2.01. The third-order valence-electron chi connectivity index (χ3n) is 2.86. The summed E-state index contributed by atoms with van der Waals surface area (Å²) < 4.78 is 33.1. The fraction of sp³-hybridized carbons (Fsp3) is 0.286. The summed E-state index contributed by atoms with van der Waals surface area (Å²) in [7, 11) is 1.62. The van der Waals surface area contributed by atoms with Crippen LogP contribution in [-0.4, -0.2) is 13.6 Å². The van der Waals surface area contributed by atoms with Gasteiger partial charge in [0.2, 0.25) is 0 Å². The number of anilines is 1. The molecule has 0 aliphatic heterocycles. The molecule has 0 spiro atoms. The minimum atomic E-state index is -0.586. The van der Waals surface area contributed by atoms with E-state index in [1.807, 2.05) is 0 Å². The number of hydrogen-bond donors (Lipinski definition) is 1. The van der Waals surface area contributed by atoms with Gasteiger partial charge in [-0.2, -0.15) is 0 Å². The molecule has 19 heavy (non-hydrogen) atoms. The van der Waals surface area contributed by atoms with Crippen molar-refractivity contribution in [1.82, 2.24) is 0 Å². The van der Waals surface area contributed by atoms with E-state index in [0.717, 1.165) is 0 Å². The maximum atomic E-state index is 14.0. The lowest BCUT2D eigenvalue weighted by atomic mass is 10.1. The second-order valence-corrected chi connectivity index (χ2v) is 4.38. The Morgan fingerprint density at radius 2 is 1.95 bits per heavy atom. The van der Waals surface area contributed by atoms with Crippen LogP contribution < -0.4 is 10.6 Å². The van der Waals surface area contributed by atoms with Crippen LogP contribution in [0.3, 0.4) is 0 Å². The normalized spacial score (nSPS) is 10.7. The standard InChI is InChI=1S/C14H16F2N2O/c1-18(9-11-3-2-6-19-11)14-12(15)7-10(4-5-17)8-13(14)16/h2-3,6-8H,4-5,9,17H2,1H3. The molecule has 0 amide bonds. The van der Waals surface area contributed by atoms with Gasteiger partial charge in [-0.05, 0) is 42.8 Å². The molecule has 2 rings (SSSR count). The largest absolute Gasteiger partial charge is 0.467 e. The molecule has 1 aromatic carbocycles. The van der Waals surface area contributed by atoms with Gasteiger partial charge in [-0.15, -0.1) is 0 Å². The van der Waals surface area contributed by atoms with Crippen LogP contribution in [0.15, 0.2) is 34.9 Å². The van der Waals surface area contributed by atoms with E-state index in [4.69, 9.17) is 10.2 Å². The van der Waals surface area contributed by atoms with E-state index < -0.39 is 11.6 Å². The number of nitrogens with two attached hydrogens (primary N) is 1. The van der Waals surface area contributed by atoms with Crippen LogP contribution in [0.2, 0.25) is 0 Å². The Kier molecular flexibility index (Phi) is 4.16. The predicted molar refractivity (Wildman–Crippen MR) is 69.9 cm³/mol. The molecule has 0 aliphatic carbocycles. The van der Waals surface area contributed by atoms with Crippen LogP contribution in [0.25, 0.3) is 0 Å². The molecule has 0 bridgehead atoms. The molecule has 0 saturated carbocycles. The topological polar surface area (TPSA) is 42.4 Å². The Hall–Kier alpha value is -1.88. The summed E-state index contributed by atoms with van der Waals surface area (Å²) in [5.74, 6) is -0.526. The zero-order valence-corrected chi connectivity index (χ0v) is 10.7. The van der Waals surface area contributed by atoms with Crippen molar-refractivity contribution in [3.8, 4) is 0 Å². The third-order valence-corrected chi connectivity index (χ3v) is 2.86. The number of benzene rings is 1. The Balaban J connectivity index is 2.23. The minimum Gasteiger partial charge on any atom is -0.467 e. The highest BCUT2D eigenvalue weighted by atomic mass is 19.1. The van der Waals surface area contributed by atoms with Gasteiger partial charge in [-0.25, -0.2) is 8.78 Å². The molecule has 0 unspecified atom stereocenters. The van der Waals surface area contributed by atoms with Crippen molar-refractivity contribution in [2.45, 2.75) is 13.0 Å². The van der Waals surface area contributed by atoms with Crippen molar-refractivity contribution in [2.75, 3.05) is 18.5 Å². The zero-order valence-electron chi connectivity index (χ0n) is 10.7. The molecule has 0 fully saturated rings. The number of furan rings is 1. The average Bonchev–Trinajstić information content (AvgIpc) is 2.81. The number of halogens is 2. The van der Waals surface area contributed by atoms with Crippen molar-refractivity contribution in [3.63, 3.8) is 0 Å². The van der Waals surface area contributed by atoms with Gasteiger partial charge in [0.05, 0.1) is 12.8 Å². The summed E-state index contributed by atoms with van der Waals surface area (Å²) >= 11 is 0. The first-order chi connectivity index (χ1) is 9.11. The molecule has 1 heterocycles. The lowest BCUT2D eigenvalue weighted by molar-refractivity contribution is 0.502. The first kappa shape index (κ1) is 13.5. The van der Waals surface area contributed by atoms with E-state index in [1.165, 1.54) is 23.3 Å². The van der Waals surface area contributed by atoms with Crippen molar-refractivity contribution in [1.29, 1.82) is 0 Å². The van der Waals surface area contributed by atoms with Crippen molar-refractivity contribution in [2.24, 2.45) is 5.73 Å². The predicted octanol–water partition coefficient (Wildman–Crippen LogP) is 2.70. The Bertz CT molecular complexity index is 517. The lowest BCUT2D eigenvalue weighted by Gasteiger charge is -2.20. The molecule has 2 aromatic rings. The quantitative estimate of drug-likeness (QED) is 0.904. The molecule has 0 atom stereocenters. The first-order valence-electron chi connectivity index (χ1n) is 6.03. The zero-order chi connectivity index (χ0) is 13.8. The van der Waals surface area contributed by atoms with E-state index in [0.29, 0.717) is 30.8 Å². The highest BCUT2D eigenvalue weighted by molar-refractivity contribution is 5.50. The van der Waals surface area contributed by atoms with Gasteiger partial charge in [0.1, 0.15) is 23.1 Å². The van der Waals surface area contributed by atoms with Crippen molar-refractivity contribution < 1.29 is 13.2 Å². The first-order valence-corrected chi connectivity index (χ1v) is 6.03. The molecular formula is C14H16F2N2O. The lowest BCUT2D eigenvalue weighted by Crippen LogP contribution is -2.19. The molecule has 2 N–H and O–H groups in total. The second-order valence-electron chi connectivity index (χ2n) is 4.38. The van der Waals surface area contributed by atoms with E-state index in [-0.39, 0.29) is 5.69 Å². The maximum absolute atomic E-state index is 14.0. The fourth-order valence-electron chi connectivity index (χ4n) is 2.01. The molecular weight excluding hydrogens is 250 g/mol. The summed E-state index contributed by atoms with van der Waals surface area (Å²) in [6, 6.07) is 6.14. The smallest absolute Gasteiger partial charge is 0.149 e. The molecule has 1 aromatic heterocycles. The average molecular weight is 266 g/mol. The van der Waals surface area contributed by atoms with Crippen LogP contribution in [0, 0.1) is 11.6 Å². The molecule has 3 nitrogen and oxygen atoms in total. The Labute approximate surface area is 110 Å². The van der Waals surface area contributed by atoms with Crippen LogP contribution in [0.4, 0.5) is 14.5 Å². The molecule has 102 valence electrons. The SMILES string of the molecule is CN(Cc1ccco1)c1c(F)cc(CCN)cc1F. The van der Waals surface area contributed by atoms with Gasteiger partial charge < -0.3 is 15.1 Å². The van der Waals surface area contributed by atoms with E-state index in [1.54, 1.807) is 19.2 Å². The number of rotatable bonds is 5. The van der Waals surface area contributed by atoms with E-state index in [9.17, 15) is 8.78 Å². The highest BCUT2D eigenvalue weighted by Crippen LogP contribution is 2.25. The van der Waals surface area contributed by atoms with Crippen LogP contribution in [0.5, 0.6) is 0 Å². The van der Waals surface area contributed by atoms with Gasteiger partial charge in [0.15, 0.2) is 0 Å². The molecule has 0 aliphatic rings. The van der Waals surface area contributed by atoms with E-state index >= 15 is 0 Å². The second kappa shape index (κ2) is 5.84. The summed E-state index contributed by atoms with van der Waals surface area (Å²) in [5, 5.41) is 0. The van der Waals surface area contributed by atoms with Gasteiger partial charge in [0.25, 0.3) is 0 Å². The summed E-state index contributed by atoms with van der Waals surface area (Å²) in [5.41, 5.74) is 5.89. The minimum absolute atomic E-state index is 0.0582. The molecule has 5 heteroatoms. The summed E-state index contributed by atoms with van der Waals surface area (Å²) in [4.78, 5) is 1.48. The number of nitrogens with zero attached hydrogens (tertiary/aromatic N) is 1. The van der Waals surface area contributed by atoms with E-state index in [2.05, 4.69) is 0 Å². The summed E-state index contributed by atoms with van der Waals surface area (Å²) in [6.07, 6.45) is 1.98. The molecule has 0 saturated heterocycles. The van der Waals surface area contributed by atoms with Crippen molar-refractivity contribution in [3.05, 3.63) is 53.5 Å².